The SMILES string of the molecule is CC(=O)NCCCCC(NC(=O)O)C(=O)Nc1nc(=O)n([C@@H]2O[C@H](CO)[C@@H](O)[C@H]2O)cc1F. The van der Waals surface area contributed by atoms with Crippen LogP contribution in [0.25, 0.3) is 0 Å². The molecule has 2 heterocycles. The first-order valence-corrected chi connectivity index (χ1v) is 10.0. The molecule has 0 spiro atoms. The van der Waals surface area contributed by atoms with Gasteiger partial charge in [-0.25, -0.2) is 14.0 Å². The Balaban J connectivity index is 2.10. The lowest BCUT2D eigenvalue weighted by Crippen LogP contribution is -2.44. The standard InChI is InChI=1S/C18H26FN5O9/c1-8(26)20-5-3-2-4-10(21-18(31)32)15(29)22-14-9(19)6-24(17(30)23-14)16-13(28)12(27)11(7-25)33-16/h6,10-13,16,21,25,27-28H,2-5,7H2,1H3,(H,20,26)(H,31,32)(H,22,23,29,30)/t10?,11-,12-,13-,16-/m1/s1. The van der Waals surface area contributed by atoms with Gasteiger partial charge in [-0.3, -0.25) is 14.2 Å². The Morgan fingerprint density at radius 2 is 1.97 bits per heavy atom. The van der Waals surface area contributed by atoms with E-state index in [0.29, 0.717) is 30.2 Å². The van der Waals surface area contributed by atoms with Gasteiger partial charge in [0.2, 0.25) is 11.8 Å². The quantitative estimate of drug-likeness (QED) is 0.183. The molecule has 1 saturated heterocycles. The highest BCUT2D eigenvalue weighted by atomic mass is 19.1. The molecule has 1 aromatic rings. The summed E-state index contributed by atoms with van der Waals surface area (Å²) in [7, 11) is 0. The number of rotatable bonds is 10. The summed E-state index contributed by atoms with van der Waals surface area (Å²) in [4.78, 5) is 50.0. The highest BCUT2D eigenvalue weighted by Gasteiger charge is 2.44. The molecule has 33 heavy (non-hydrogen) atoms. The maximum Gasteiger partial charge on any atom is 0.405 e. The van der Waals surface area contributed by atoms with Gasteiger partial charge < -0.3 is 41.1 Å². The highest BCUT2D eigenvalue weighted by molar-refractivity contribution is 5.95. The molecule has 0 saturated carbocycles. The molecule has 1 aliphatic heterocycles. The van der Waals surface area contributed by atoms with Gasteiger partial charge >= 0.3 is 11.8 Å². The van der Waals surface area contributed by atoms with E-state index in [2.05, 4.69) is 10.3 Å². The summed E-state index contributed by atoms with van der Waals surface area (Å²) < 4.78 is 20.3. The fourth-order valence-electron chi connectivity index (χ4n) is 3.18. The molecule has 1 aromatic heterocycles. The Labute approximate surface area is 186 Å². The average molecular weight is 475 g/mol. The number of nitrogens with one attached hydrogen (secondary N) is 3. The number of aliphatic hydroxyl groups is 3. The number of hydrogen-bond donors (Lipinski definition) is 7. The minimum atomic E-state index is -1.65. The second kappa shape index (κ2) is 11.6. The van der Waals surface area contributed by atoms with Crippen molar-refractivity contribution < 1.29 is 43.9 Å². The van der Waals surface area contributed by atoms with E-state index in [1.165, 1.54) is 6.92 Å². The Kier molecular flexibility index (Phi) is 9.22. The van der Waals surface area contributed by atoms with Crippen molar-refractivity contribution in [2.24, 2.45) is 0 Å². The minimum absolute atomic E-state index is 0.0267. The van der Waals surface area contributed by atoms with E-state index in [1.54, 1.807) is 0 Å². The molecule has 14 nitrogen and oxygen atoms in total. The molecular formula is C18H26FN5O9. The normalized spacial score (nSPS) is 23.1. The van der Waals surface area contributed by atoms with Gasteiger partial charge in [-0.1, -0.05) is 0 Å². The van der Waals surface area contributed by atoms with E-state index >= 15 is 0 Å². The Hall–Kier alpha value is -3.14. The van der Waals surface area contributed by atoms with Crippen LogP contribution in [0.1, 0.15) is 32.4 Å². The van der Waals surface area contributed by atoms with Gasteiger partial charge in [0.25, 0.3) is 0 Å². The monoisotopic (exact) mass is 475 g/mol. The Morgan fingerprint density at radius 3 is 2.55 bits per heavy atom. The van der Waals surface area contributed by atoms with E-state index < -0.39 is 66.5 Å². The van der Waals surface area contributed by atoms with E-state index in [4.69, 9.17) is 14.9 Å². The van der Waals surface area contributed by atoms with Crippen molar-refractivity contribution in [2.45, 2.75) is 56.8 Å². The van der Waals surface area contributed by atoms with Crippen LogP contribution in [0.2, 0.25) is 0 Å². The lowest BCUT2D eigenvalue weighted by atomic mass is 10.1. The summed E-state index contributed by atoms with van der Waals surface area (Å²) in [6.07, 6.45) is -5.97. The van der Waals surface area contributed by atoms with Gasteiger partial charge in [-0.2, -0.15) is 4.98 Å². The minimum Gasteiger partial charge on any atom is -0.465 e. The number of hydrogen-bond acceptors (Lipinski definition) is 9. The average Bonchev–Trinajstić information content (AvgIpc) is 3.02. The molecule has 2 rings (SSSR count). The third-order valence-electron chi connectivity index (χ3n) is 4.85. The second-order valence-electron chi connectivity index (χ2n) is 7.33. The van der Waals surface area contributed by atoms with Crippen molar-refractivity contribution in [1.29, 1.82) is 0 Å². The molecular weight excluding hydrogens is 449 g/mol. The molecule has 0 aromatic carbocycles. The third kappa shape index (κ3) is 6.92. The third-order valence-corrected chi connectivity index (χ3v) is 4.85. The maximum atomic E-state index is 14.5. The van der Waals surface area contributed by atoms with Crippen molar-refractivity contribution in [3.63, 3.8) is 0 Å². The number of unbranched alkanes of at least 4 members (excludes halogenated alkanes) is 1. The van der Waals surface area contributed by atoms with Crippen LogP contribution >= 0.6 is 0 Å². The molecule has 0 bridgehead atoms. The van der Waals surface area contributed by atoms with E-state index in [1.807, 2.05) is 10.6 Å². The maximum absolute atomic E-state index is 14.5. The van der Waals surface area contributed by atoms with Crippen molar-refractivity contribution in [2.75, 3.05) is 18.5 Å². The van der Waals surface area contributed by atoms with E-state index in [9.17, 15) is 33.8 Å². The number of carbonyl (C=O) groups excluding carboxylic acids is 2. The van der Waals surface area contributed by atoms with Gasteiger partial charge in [0.15, 0.2) is 17.9 Å². The molecule has 3 amide bonds. The number of nitrogens with zero attached hydrogens (tertiary/aromatic N) is 2. The zero-order valence-corrected chi connectivity index (χ0v) is 17.6. The predicted octanol–water partition coefficient (Wildman–Crippen LogP) is -2.12. The lowest BCUT2D eigenvalue weighted by Gasteiger charge is -2.19. The van der Waals surface area contributed by atoms with Gasteiger partial charge in [0.05, 0.1) is 12.8 Å². The number of ether oxygens (including phenoxy) is 1. The molecule has 5 atom stereocenters. The van der Waals surface area contributed by atoms with Crippen LogP contribution in [-0.4, -0.2) is 85.4 Å². The molecule has 184 valence electrons. The highest BCUT2D eigenvalue weighted by Crippen LogP contribution is 2.28. The first-order chi connectivity index (χ1) is 15.5. The Morgan fingerprint density at radius 1 is 1.27 bits per heavy atom. The van der Waals surface area contributed by atoms with Crippen molar-refractivity contribution in [3.8, 4) is 0 Å². The van der Waals surface area contributed by atoms with Crippen LogP contribution in [-0.2, 0) is 14.3 Å². The number of halogens is 1. The number of carbonyl (C=O) groups is 3. The Bertz CT molecular complexity index is 927. The molecule has 1 aliphatic rings. The molecule has 1 unspecified atom stereocenters. The van der Waals surface area contributed by atoms with Crippen molar-refractivity contribution in [3.05, 3.63) is 22.5 Å². The number of amides is 3. The summed E-state index contributed by atoms with van der Waals surface area (Å²) >= 11 is 0. The number of aliphatic hydroxyl groups excluding tert-OH is 3. The molecule has 7 N–H and O–H groups in total. The number of carboxylic acid groups (broad SMARTS) is 1. The van der Waals surface area contributed by atoms with Crippen LogP contribution in [0, 0.1) is 5.82 Å². The summed E-state index contributed by atoms with van der Waals surface area (Å²) in [5.41, 5.74) is -1.14. The van der Waals surface area contributed by atoms with Crippen molar-refractivity contribution >= 4 is 23.7 Å². The molecule has 0 aliphatic carbocycles. The molecule has 1 fully saturated rings. The van der Waals surface area contributed by atoms with Crippen LogP contribution in [0.5, 0.6) is 0 Å². The van der Waals surface area contributed by atoms with E-state index in [0.717, 1.165) is 0 Å². The molecule has 0 radical (unpaired) electrons. The summed E-state index contributed by atoms with van der Waals surface area (Å²) in [6, 6.07) is -1.29. The van der Waals surface area contributed by atoms with Gasteiger partial charge in [-0.15, -0.1) is 0 Å². The lowest BCUT2D eigenvalue weighted by molar-refractivity contribution is -0.119. The van der Waals surface area contributed by atoms with Gasteiger partial charge in [0.1, 0.15) is 24.4 Å². The van der Waals surface area contributed by atoms with Crippen LogP contribution in [0.4, 0.5) is 15.0 Å². The molecule has 15 heteroatoms. The number of anilines is 1. The predicted molar refractivity (Wildman–Crippen MR) is 108 cm³/mol. The zero-order valence-electron chi connectivity index (χ0n) is 17.6. The summed E-state index contributed by atoms with van der Waals surface area (Å²) in [5.74, 6) is -3.17. The van der Waals surface area contributed by atoms with Gasteiger partial charge in [0, 0.05) is 13.5 Å². The first kappa shape index (κ1) is 26.1. The second-order valence-corrected chi connectivity index (χ2v) is 7.33. The summed E-state index contributed by atoms with van der Waals surface area (Å²) in [6.45, 7) is 1.01. The number of aromatic nitrogens is 2. The fraction of sp³-hybridized carbons (Fsp3) is 0.611. The largest absolute Gasteiger partial charge is 0.465 e. The van der Waals surface area contributed by atoms with Crippen LogP contribution in [0.15, 0.2) is 11.0 Å². The zero-order chi connectivity index (χ0) is 24.7. The first-order valence-electron chi connectivity index (χ1n) is 10.0. The smallest absolute Gasteiger partial charge is 0.405 e. The van der Waals surface area contributed by atoms with Gasteiger partial charge in [-0.05, 0) is 19.3 Å². The fourth-order valence-corrected chi connectivity index (χ4v) is 3.18. The van der Waals surface area contributed by atoms with Crippen molar-refractivity contribution in [1.82, 2.24) is 20.2 Å². The van der Waals surface area contributed by atoms with E-state index in [-0.39, 0.29) is 12.3 Å². The van der Waals surface area contributed by atoms with Crippen LogP contribution < -0.4 is 21.6 Å². The topological polar surface area (TPSA) is 212 Å². The van der Waals surface area contributed by atoms with Crippen LogP contribution in [0.3, 0.4) is 0 Å². The summed E-state index contributed by atoms with van der Waals surface area (Å²) in [5, 5.41) is 44.5.